The van der Waals surface area contributed by atoms with Gasteiger partial charge in [0.1, 0.15) is 0 Å². The lowest BCUT2D eigenvalue weighted by molar-refractivity contribution is 0.182. The predicted octanol–water partition coefficient (Wildman–Crippen LogP) is 2.83. The van der Waals surface area contributed by atoms with E-state index in [4.69, 9.17) is 0 Å². The molecule has 108 valence electrons. The molecule has 0 radical (unpaired) electrons. The van der Waals surface area contributed by atoms with E-state index in [1.165, 1.54) is 11.3 Å². The third kappa shape index (κ3) is 3.67. The van der Waals surface area contributed by atoms with Crippen LogP contribution >= 0.6 is 27.3 Å². The molecule has 0 saturated carbocycles. The van der Waals surface area contributed by atoms with Gasteiger partial charge in [-0.15, -0.1) is 11.3 Å². The van der Waals surface area contributed by atoms with E-state index in [1.807, 2.05) is 6.07 Å². The minimum absolute atomic E-state index is 0.0563. The molecule has 2 rings (SSSR count). The van der Waals surface area contributed by atoms with Crippen molar-refractivity contribution in [2.24, 2.45) is 0 Å². The summed E-state index contributed by atoms with van der Waals surface area (Å²) in [6.07, 6.45) is -0.867. The van der Waals surface area contributed by atoms with E-state index >= 15 is 0 Å². The number of sulfonamides is 1. The highest BCUT2D eigenvalue weighted by Gasteiger charge is 2.20. The first-order chi connectivity index (χ1) is 9.40. The van der Waals surface area contributed by atoms with Crippen molar-refractivity contribution in [3.8, 4) is 0 Å². The molecule has 0 saturated heterocycles. The van der Waals surface area contributed by atoms with Gasteiger partial charge in [0.05, 0.1) is 14.8 Å². The second kappa shape index (κ2) is 6.36. The molecule has 4 nitrogen and oxygen atoms in total. The Bertz CT molecular complexity index is 683. The highest BCUT2D eigenvalue weighted by atomic mass is 79.9. The maximum atomic E-state index is 12.2. The van der Waals surface area contributed by atoms with Crippen molar-refractivity contribution in [1.82, 2.24) is 4.72 Å². The summed E-state index contributed by atoms with van der Waals surface area (Å²) < 4.78 is 27.5. The molecular weight excluding hydrogens is 362 g/mol. The third-order valence-corrected chi connectivity index (χ3v) is 6.02. The Hall–Kier alpha value is -0.730. The SMILES string of the molecule is Cc1sc(Br)cc1S(=O)(=O)NCC(O)c1ccccc1. The summed E-state index contributed by atoms with van der Waals surface area (Å²) in [6.45, 7) is 1.69. The number of hydrogen-bond donors (Lipinski definition) is 2. The molecule has 0 aliphatic carbocycles. The van der Waals surface area contributed by atoms with Crippen LogP contribution in [0.1, 0.15) is 16.5 Å². The van der Waals surface area contributed by atoms with Crippen molar-refractivity contribution in [3.05, 3.63) is 50.6 Å². The number of halogens is 1. The monoisotopic (exact) mass is 375 g/mol. The Morgan fingerprint density at radius 2 is 2.00 bits per heavy atom. The molecule has 0 spiro atoms. The number of hydrogen-bond acceptors (Lipinski definition) is 4. The van der Waals surface area contributed by atoms with E-state index in [2.05, 4.69) is 20.7 Å². The van der Waals surface area contributed by atoms with Crippen LogP contribution in [-0.2, 0) is 10.0 Å². The average molecular weight is 376 g/mol. The van der Waals surface area contributed by atoms with Gasteiger partial charge in [-0.3, -0.25) is 0 Å². The van der Waals surface area contributed by atoms with Gasteiger partial charge < -0.3 is 5.11 Å². The second-order valence-electron chi connectivity index (χ2n) is 4.25. The Kier molecular flexibility index (Phi) is 4.98. The number of benzene rings is 1. The standard InChI is InChI=1S/C13H14BrNO3S2/c1-9-12(7-13(14)19-9)20(17,18)15-8-11(16)10-5-3-2-4-6-10/h2-7,11,15-16H,8H2,1H3. The van der Waals surface area contributed by atoms with Crippen LogP contribution in [0.4, 0.5) is 0 Å². The third-order valence-electron chi connectivity index (χ3n) is 2.78. The zero-order valence-electron chi connectivity index (χ0n) is 10.7. The molecule has 0 aliphatic heterocycles. The van der Waals surface area contributed by atoms with Gasteiger partial charge in [0.15, 0.2) is 0 Å². The molecule has 1 unspecified atom stereocenters. The molecule has 20 heavy (non-hydrogen) atoms. The van der Waals surface area contributed by atoms with Crippen LogP contribution < -0.4 is 4.72 Å². The van der Waals surface area contributed by atoms with Crippen molar-refractivity contribution in [2.75, 3.05) is 6.54 Å². The van der Waals surface area contributed by atoms with Crippen LogP contribution in [0, 0.1) is 6.92 Å². The Morgan fingerprint density at radius 3 is 2.55 bits per heavy atom. The fraction of sp³-hybridized carbons (Fsp3) is 0.231. The van der Waals surface area contributed by atoms with Crippen LogP contribution in [0.3, 0.4) is 0 Å². The maximum absolute atomic E-state index is 12.2. The zero-order valence-corrected chi connectivity index (χ0v) is 13.9. The molecule has 0 bridgehead atoms. The lowest BCUT2D eigenvalue weighted by atomic mass is 10.1. The molecule has 0 aliphatic rings. The van der Waals surface area contributed by atoms with E-state index in [0.717, 1.165) is 3.79 Å². The highest BCUT2D eigenvalue weighted by Crippen LogP contribution is 2.29. The number of aliphatic hydroxyl groups excluding tert-OH is 1. The van der Waals surface area contributed by atoms with Crippen molar-refractivity contribution in [1.29, 1.82) is 0 Å². The van der Waals surface area contributed by atoms with Crippen LogP contribution in [0.5, 0.6) is 0 Å². The van der Waals surface area contributed by atoms with E-state index < -0.39 is 16.1 Å². The molecular formula is C13H14BrNO3S2. The second-order valence-corrected chi connectivity index (χ2v) is 8.62. The summed E-state index contributed by atoms with van der Waals surface area (Å²) in [5.74, 6) is 0. The summed E-state index contributed by atoms with van der Waals surface area (Å²) in [5.41, 5.74) is 0.679. The normalized spacial score (nSPS) is 13.3. The summed E-state index contributed by atoms with van der Waals surface area (Å²) in [4.78, 5) is 0.952. The molecule has 1 heterocycles. The summed E-state index contributed by atoms with van der Waals surface area (Å²) in [6, 6.07) is 10.5. The largest absolute Gasteiger partial charge is 0.387 e. The minimum Gasteiger partial charge on any atom is -0.387 e. The molecule has 7 heteroatoms. The Morgan fingerprint density at radius 1 is 1.35 bits per heavy atom. The average Bonchev–Trinajstić information content (AvgIpc) is 2.77. The molecule has 0 fully saturated rings. The van der Waals surface area contributed by atoms with Gasteiger partial charge in [-0.2, -0.15) is 0 Å². The van der Waals surface area contributed by atoms with E-state index in [-0.39, 0.29) is 11.4 Å². The van der Waals surface area contributed by atoms with Crippen molar-refractivity contribution >= 4 is 37.3 Å². The van der Waals surface area contributed by atoms with E-state index in [9.17, 15) is 13.5 Å². The van der Waals surface area contributed by atoms with E-state index in [1.54, 1.807) is 37.3 Å². The van der Waals surface area contributed by atoms with Crippen LogP contribution in [0.15, 0.2) is 45.1 Å². The number of thiophene rings is 1. The van der Waals surface area contributed by atoms with Gasteiger partial charge in [-0.1, -0.05) is 30.3 Å². The first kappa shape index (κ1) is 15.7. The number of aliphatic hydroxyl groups is 1. The molecule has 2 N–H and O–H groups in total. The Labute approximate surface area is 130 Å². The maximum Gasteiger partial charge on any atom is 0.241 e. The summed E-state index contributed by atoms with van der Waals surface area (Å²) >= 11 is 4.63. The lowest BCUT2D eigenvalue weighted by Gasteiger charge is -2.12. The number of nitrogens with one attached hydrogen (secondary N) is 1. The van der Waals surface area contributed by atoms with Gasteiger partial charge in [-0.25, -0.2) is 13.1 Å². The fourth-order valence-electron chi connectivity index (χ4n) is 1.76. The fourth-order valence-corrected chi connectivity index (χ4v) is 5.21. The first-order valence-electron chi connectivity index (χ1n) is 5.89. The first-order valence-corrected chi connectivity index (χ1v) is 8.98. The zero-order chi connectivity index (χ0) is 14.8. The smallest absolute Gasteiger partial charge is 0.241 e. The minimum atomic E-state index is -3.60. The van der Waals surface area contributed by atoms with Gasteiger partial charge in [0.2, 0.25) is 10.0 Å². The lowest BCUT2D eigenvalue weighted by Crippen LogP contribution is -2.28. The van der Waals surface area contributed by atoms with Crippen LogP contribution in [0.2, 0.25) is 0 Å². The van der Waals surface area contributed by atoms with Gasteiger partial charge in [0, 0.05) is 11.4 Å². The van der Waals surface area contributed by atoms with Crippen molar-refractivity contribution in [2.45, 2.75) is 17.9 Å². The molecule has 1 aromatic carbocycles. The number of aryl methyl sites for hydroxylation is 1. The van der Waals surface area contributed by atoms with Gasteiger partial charge in [-0.05, 0) is 34.5 Å². The topological polar surface area (TPSA) is 66.4 Å². The van der Waals surface area contributed by atoms with E-state index in [0.29, 0.717) is 10.4 Å². The molecule has 0 amide bonds. The predicted molar refractivity (Wildman–Crippen MR) is 83.3 cm³/mol. The molecule has 1 aromatic heterocycles. The van der Waals surface area contributed by atoms with Crippen molar-refractivity contribution < 1.29 is 13.5 Å². The van der Waals surface area contributed by atoms with Crippen molar-refractivity contribution in [3.63, 3.8) is 0 Å². The quantitative estimate of drug-likeness (QED) is 0.844. The molecule has 2 aromatic rings. The Balaban J connectivity index is 2.08. The molecule has 1 atom stereocenters. The summed E-state index contributed by atoms with van der Waals surface area (Å²) in [5, 5.41) is 9.97. The summed E-state index contributed by atoms with van der Waals surface area (Å²) in [7, 11) is -3.60. The highest BCUT2D eigenvalue weighted by molar-refractivity contribution is 9.11. The van der Waals surface area contributed by atoms with Gasteiger partial charge >= 0.3 is 0 Å². The van der Waals surface area contributed by atoms with Crippen LogP contribution in [0.25, 0.3) is 0 Å². The number of rotatable bonds is 5. The van der Waals surface area contributed by atoms with Crippen LogP contribution in [-0.4, -0.2) is 20.1 Å². The van der Waals surface area contributed by atoms with Gasteiger partial charge in [0.25, 0.3) is 0 Å².